The van der Waals surface area contributed by atoms with Gasteiger partial charge in [-0.1, -0.05) is 6.07 Å². The fraction of sp³-hybridized carbons (Fsp3) is 0.278. The maximum Gasteiger partial charge on any atom is 0.318 e. The van der Waals surface area contributed by atoms with Gasteiger partial charge < -0.3 is 19.9 Å². The van der Waals surface area contributed by atoms with E-state index in [1.165, 1.54) is 14.2 Å². The van der Waals surface area contributed by atoms with Crippen molar-refractivity contribution in [3.05, 3.63) is 47.8 Å². The maximum atomic E-state index is 12.3. The molecule has 1 fully saturated rings. The van der Waals surface area contributed by atoms with E-state index < -0.39 is 17.8 Å². The molecule has 1 aliphatic heterocycles. The number of carbonyl (C=O) groups excluding carboxylic acids is 2. The molecule has 7 nitrogen and oxygen atoms in total. The molecule has 0 amide bonds. The molecule has 2 N–H and O–H groups in total. The average Bonchev–Trinajstić information content (AvgIpc) is 2.96. The average molecular weight is 342 g/mol. The molecule has 3 rings (SSSR count). The Morgan fingerprint density at radius 2 is 2.08 bits per heavy atom. The highest BCUT2D eigenvalue weighted by atomic mass is 16.5. The van der Waals surface area contributed by atoms with Crippen LogP contribution in [-0.2, 0) is 14.3 Å². The molecule has 130 valence electrons. The summed E-state index contributed by atoms with van der Waals surface area (Å²) >= 11 is 0. The molecule has 0 saturated carbocycles. The SMILES string of the molecule is COc1cc(N)c(C(c2cccnc2)C2C(=O)COC2=O)c(OC)c1. The number of nitrogens with zero attached hydrogens (tertiary/aromatic N) is 1. The minimum atomic E-state index is -0.992. The first-order chi connectivity index (χ1) is 12.1. The highest BCUT2D eigenvalue weighted by Crippen LogP contribution is 2.44. The number of nitrogens with two attached hydrogens (primary N) is 1. The number of nitrogen functional groups attached to an aromatic ring is 1. The topological polar surface area (TPSA) is 101 Å². The number of methoxy groups -OCH3 is 2. The number of hydrogen-bond acceptors (Lipinski definition) is 7. The van der Waals surface area contributed by atoms with Gasteiger partial charge in [0.05, 0.1) is 14.2 Å². The van der Waals surface area contributed by atoms with E-state index in [-0.39, 0.29) is 12.4 Å². The number of cyclic esters (lactones) is 1. The van der Waals surface area contributed by atoms with Gasteiger partial charge in [0, 0.05) is 41.7 Å². The van der Waals surface area contributed by atoms with Crippen molar-refractivity contribution in [1.29, 1.82) is 0 Å². The van der Waals surface area contributed by atoms with Crippen LogP contribution in [0.4, 0.5) is 5.69 Å². The van der Waals surface area contributed by atoms with Gasteiger partial charge in [-0.2, -0.15) is 0 Å². The van der Waals surface area contributed by atoms with Crippen LogP contribution >= 0.6 is 0 Å². The lowest BCUT2D eigenvalue weighted by Crippen LogP contribution is -2.26. The van der Waals surface area contributed by atoms with Crippen molar-refractivity contribution < 1.29 is 23.8 Å². The molecule has 1 saturated heterocycles. The van der Waals surface area contributed by atoms with E-state index in [9.17, 15) is 9.59 Å². The van der Waals surface area contributed by atoms with Crippen molar-refractivity contribution >= 4 is 17.4 Å². The molecular formula is C18H18N2O5. The van der Waals surface area contributed by atoms with E-state index in [0.29, 0.717) is 28.3 Å². The number of ketones is 1. The summed E-state index contributed by atoms with van der Waals surface area (Å²) in [5.74, 6) is -1.57. The highest BCUT2D eigenvalue weighted by Gasteiger charge is 2.44. The first kappa shape index (κ1) is 16.8. The number of anilines is 1. The van der Waals surface area contributed by atoms with Gasteiger partial charge >= 0.3 is 5.97 Å². The van der Waals surface area contributed by atoms with Crippen LogP contribution in [0.25, 0.3) is 0 Å². The molecule has 2 unspecified atom stereocenters. The summed E-state index contributed by atoms with van der Waals surface area (Å²) < 4.78 is 15.6. The molecule has 0 radical (unpaired) electrons. The number of carbonyl (C=O) groups is 2. The van der Waals surface area contributed by atoms with E-state index in [1.54, 1.807) is 36.7 Å². The van der Waals surface area contributed by atoms with Gasteiger partial charge in [0.1, 0.15) is 17.4 Å². The predicted octanol–water partition coefficient (Wildman–Crippen LogP) is 1.56. The Morgan fingerprint density at radius 3 is 2.64 bits per heavy atom. The third-order valence-electron chi connectivity index (χ3n) is 4.25. The number of esters is 1. The summed E-state index contributed by atoms with van der Waals surface area (Å²) in [5, 5.41) is 0. The van der Waals surface area contributed by atoms with Gasteiger partial charge in [-0.25, -0.2) is 0 Å². The monoisotopic (exact) mass is 342 g/mol. The third-order valence-corrected chi connectivity index (χ3v) is 4.25. The van der Waals surface area contributed by atoms with Gasteiger partial charge in [0.15, 0.2) is 12.4 Å². The fourth-order valence-electron chi connectivity index (χ4n) is 3.10. The number of benzene rings is 1. The Hall–Kier alpha value is -3.09. The van der Waals surface area contributed by atoms with Crippen LogP contribution in [0.15, 0.2) is 36.7 Å². The van der Waals surface area contributed by atoms with Gasteiger partial charge in [0.25, 0.3) is 0 Å². The number of rotatable bonds is 5. The van der Waals surface area contributed by atoms with Crippen LogP contribution in [0.5, 0.6) is 11.5 Å². The van der Waals surface area contributed by atoms with Crippen molar-refractivity contribution in [3.8, 4) is 11.5 Å². The van der Waals surface area contributed by atoms with Crippen LogP contribution in [0.3, 0.4) is 0 Å². The molecule has 0 spiro atoms. The lowest BCUT2D eigenvalue weighted by Gasteiger charge is -2.24. The van der Waals surface area contributed by atoms with Gasteiger partial charge in [-0.05, 0) is 11.6 Å². The zero-order valence-corrected chi connectivity index (χ0v) is 13.9. The molecule has 2 heterocycles. The van der Waals surface area contributed by atoms with Crippen molar-refractivity contribution in [2.45, 2.75) is 5.92 Å². The molecule has 1 aromatic heterocycles. The molecule has 7 heteroatoms. The Bertz CT molecular complexity index is 791. The summed E-state index contributed by atoms with van der Waals surface area (Å²) in [6, 6.07) is 6.82. The van der Waals surface area contributed by atoms with Crippen LogP contribution in [0, 0.1) is 5.92 Å². The van der Waals surface area contributed by atoms with Crippen LogP contribution < -0.4 is 15.2 Å². The van der Waals surface area contributed by atoms with Crippen molar-refractivity contribution in [3.63, 3.8) is 0 Å². The molecule has 1 aromatic carbocycles. The second-order valence-electron chi connectivity index (χ2n) is 5.65. The second kappa shape index (κ2) is 6.80. The number of Topliss-reactive ketones (excluding diaryl/α,β-unsaturated/α-hetero) is 1. The van der Waals surface area contributed by atoms with Gasteiger partial charge in [-0.15, -0.1) is 0 Å². The van der Waals surface area contributed by atoms with E-state index >= 15 is 0 Å². The maximum absolute atomic E-state index is 12.3. The molecule has 0 aliphatic carbocycles. The lowest BCUT2D eigenvalue weighted by atomic mass is 9.79. The van der Waals surface area contributed by atoms with E-state index in [1.807, 2.05) is 0 Å². The molecule has 2 atom stereocenters. The first-order valence-electron chi connectivity index (χ1n) is 7.67. The normalized spacial score (nSPS) is 17.9. The number of pyridine rings is 1. The van der Waals surface area contributed by atoms with Crippen LogP contribution in [0.2, 0.25) is 0 Å². The predicted molar refractivity (Wildman–Crippen MR) is 89.5 cm³/mol. The molecule has 2 aromatic rings. The van der Waals surface area contributed by atoms with Crippen LogP contribution in [-0.4, -0.2) is 37.6 Å². The molecule has 25 heavy (non-hydrogen) atoms. The minimum Gasteiger partial charge on any atom is -0.497 e. The Balaban J connectivity index is 2.22. The number of ether oxygens (including phenoxy) is 3. The van der Waals surface area contributed by atoms with E-state index in [0.717, 1.165) is 0 Å². The summed E-state index contributed by atoms with van der Waals surface area (Å²) in [5.41, 5.74) is 7.80. The molecule has 1 aliphatic rings. The lowest BCUT2D eigenvalue weighted by molar-refractivity contribution is -0.141. The largest absolute Gasteiger partial charge is 0.497 e. The fourth-order valence-corrected chi connectivity index (χ4v) is 3.10. The number of hydrogen-bond donors (Lipinski definition) is 1. The Labute approximate surface area is 144 Å². The molecular weight excluding hydrogens is 324 g/mol. The first-order valence-corrected chi connectivity index (χ1v) is 7.67. The summed E-state index contributed by atoms with van der Waals surface area (Å²) in [6.07, 6.45) is 3.22. The highest BCUT2D eigenvalue weighted by molar-refractivity contribution is 6.06. The second-order valence-corrected chi connectivity index (χ2v) is 5.65. The van der Waals surface area contributed by atoms with Gasteiger partial charge in [-0.3, -0.25) is 14.6 Å². The quantitative estimate of drug-likeness (QED) is 0.500. The van der Waals surface area contributed by atoms with E-state index in [2.05, 4.69) is 4.98 Å². The standard InChI is InChI=1S/C18H18N2O5/c1-23-11-6-12(19)16(14(7-11)24-2)15(10-4-3-5-20-8-10)17-13(21)9-25-18(17)22/h3-8,15,17H,9,19H2,1-2H3. The number of aromatic nitrogens is 1. The Morgan fingerprint density at radius 1 is 1.28 bits per heavy atom. The Kier molecular flexibility index (Phi) is 4.56. The minimum absolute atomic E-state index is 0.237. The third kappa shape index (κ3) is 3.00. The smallest absolute Gasteiger partial charge is 0.318 e. The van der Waals surface area contributed by atoms with Crippen LogP contribution in [0.1, 0.15) is 17.0 Å². The molecule has 0 bridgehead atoms. The summed E-state index contributed by atoms with van der Waals surface area (Å²) in [4.78, 5) is 28.7. The van der Waals surface area contributed by atoms with E-state index in [4.69, 9.17) is 19.9 Å². The van der Waals surface area contributed by atoms with Crippen molar-refractivity contribution in [2.24, 2.45) is 5.92 Å². The van der Waals surface area contributed by atoms with Crippen molar-refractivity contribution in [2.75, 3.05) is 26.6 Å². The summed E-state index contributed by atoms with van der Waals surface area (Å²) in [6.45, 7) is -0.237. The zero-order valence-electron chi connectivity index (χ0n) is 13.9. The van der Waals surface area contributed by atoms with Gasteiger partial charge in [0.2, 0.25) is 0 Å². The zero-order chi connectivity index (χ0) is 18.0. The summed E-state index contributed by atoms with van der Waals surface area (Å²) in [7, 11) is 3.01. The van der Waals surface area contributed by atoms with Crippen molar-refractivity contribution in [1.82, 2.24) is 4.98 Å².